The fourth-order valence-electron chi connectivity index (χ4n) is 5.43. The number of aliphatic hydroxyl groups excluding tert-OH is 2. The SMILES string of the molecule is COc1cc(C=O)cc2c1OC1C2C(C(=O)NCCO)=CC(N(Cc2ccoc2)C(=O)C2CCCO2)C1O. The molecule has 1 aromatic carbocycles. The van der Waals surface area contributed by atoms with Gasteiger partial charge in [-0.05, 0) is 37.1 Å². The molecule has 5 rings (SSSR count). The topological polar surface area (TPSA) is 148 Å². The van der Waals surface area contributed by atoms with Crippen molar-refractivity contribution in [1.29, 1.82) is 0 Å². The number of amides is 2. The number of rotatable bonds is 9. The van der Waals surface area contributed by atoms with Crippen molar-refractivity contribution in [3.05, 3.63) is 59.1 Å². The number of nitrogens with zero attached hydrogens (tertiary/aromatic N) is 1. The van der Waals surface area contributed by atoms with E-state index in [4.69, 9.17) is 18.6 Å². The maximum atomic E-state index is 13.7. The second-order valence-corrected chi connectivity index (χ2v) is 9.50. The van der Waals surface area contributed by atoms with Crippen LogP contribution in [0.5, 0.6) is 11.5 Å². The number of nitrogens with one attached hydrogen (secondary N) is 1. The van der Waals surface area contributed by atoms with Crippen LogP contribution in [0.1, 0.15) is 40.2 Å². The summed E-state index contributed by atoms with van der Waals surface area (Å²) in [5.41, 5.74) is 1.80. The summed E-state index contributed by atoms with van der Waals surface area (Å²) >= 11 is 0. The summed E-state index contributed by atoms with van der Waals surface area (Å²) < 4.78 is 22.5. The number of benzene rings is 1. The van der Waals surface area contributed by atoms with Crippen molar-refractivity contribution in [3.8, 4) is 11.5 Å². The van der Waals surface area contributed by atoms with Gasteiger partial charge in [-0.15, -0.1) is 0 Å². The number of hydrogen-bond donors (Lipinski definition) is 3. The molecule has 1 aromatic heterocycles. The number of methoxy groups -OCH3 is 1. The molecule has 38 heavy (non-hydrogen) atoms. The maximum Gasteiger partial charge on any atom is 0.252 e. The summed E-state index contributed by atoms with van der Waals surface area (Å²) in [5, 5.41) is 23.6. The predicted octanol–water partition coefficient (Wildman–Crippen LogP) is 0.931. The molecule has 11 heteroatoms. The van der Waals surface area contributed by atoms with Crippen LogP contribution in [0.3, 0.4) is 0 Å². The lowest BCUT2D eigenvalue weighted by atomic mass is 9.77. The second-order valence-electron chi connectivity index (χ2n) is 9.50. The van der Waals surface area contributed by atoms with Crippen LogP contribution in [0, 0.1) is 0 Å². The summed E-state index contributed by atoms with van der Waals surface area (Å²) in [6.45, 7) is 0.330. The maximum absolute atomic E-state index is 13.7. The average Bonchev–Trinajstić information content (AvgIpc) is 3.71. The second kappa shape index (κ2) is 11.0. The molecule has 1 aliphatic carbocycles. The van der Waals surface area contributed by atoms with Gasteiger partial charge in [0.1, 0.15) is 24.6 Å². The molecule has 2 aliphatic heterocycles. The molecule has 0 radical (unpaired) electrons. The van der Waals surface area contributed by atoms with Gasteiger partial charge in [0.05, 0.1) is 38.2 Å². The van der Waals surface area contributed by atoms with Gasteiger partial charge in [0.2, 0.25) is 5.91 Å². The molecule has 2 amide bonds. The van der Waals surface area contributed by atoms with Crippen LogP contribution in [0.4, 0.5) is 0 Å². The van der Waals surface area contributed by atoms with Gasteiger partial charge in [-0.1, -0.05) is 0 Å². The molecule has 0 saturated carbocycles. The largest absolute Gasteiger partial charge is 0.493 e. The molecule has 0 spiro atoms. The van der Waals surface area contributed by atoms with Gasteiger partial charge in [-0.2, -0.15) is 0 Å². The van der Waals surface area contributed by atoms with E-state index in [1.807, 2.05) is 0 Å². The van der Waals surface area contributed by atoms with Crippen molar-refractivity contribution in [2.75, 3.05) is 26.9 Å². The number of carbonyl (C=O) groups excluding carboxylic acids is 3. The summed E-state index contributed by atoms with van der Waals surface area (Å²) in [7, 11) is 1.44. The van der Waals surface area contributed by atoms with Crippen molar-refractivity contribution in [3.63, 3.8) is 0 Å². The van der Waals surface area contributed by atoms with Gasteiger partial charge in [-0.25, -0.2) is 0 Å². The Morgan fingerprint density at radius 1 is 1.32 bits per heavy atom. The molecule has 0 bridgehead atoms. The lowest BCUT2D eigenvalue weighted by Gasteiger charge is -2.41. The third kappa shape index (κ3) is 4.68. The number of furan rings is 1. The first-order valence-corrected chi connectivity index (χ1v) is 12.5. The summed E-state index contributed by atoms with van der Waals surface area (Å²) in [5.74, 6) is -0.916. The zero-order chi connectivity index (χ0) is 26.8. The first-order valence-electron chi connectivity index (χ1n) is 12.5. The van der Waals surface area contributed by atoms with E-state index in [0.717, 1.165) is 6.42 Å². The Balaban J connectivity index is 1.59. The Bertz CT molecular complexity index is 1220. The standard InChI is InChI=1S/C27H30N2O9/c1-35-21-10-16(13-31)9-17-22-18(26(33)28-5-6-30)11-19(23(32)25(22)38-24(17)21)29(12-15-4-8-36-14-15)27(34)20-3-2-7-37-20/h4,8-11,13-14,19-20,22-23,25,30,32H,2-3,5-7,12H2,1H3,(H,28,33). The first kappa shape index (κ1) is 26.0. The van der Waals surface area contributed by atoms with E-state index in [9.17, 15) is 24.6 Å². The summed E-state index contributed by atoms with van der Waals surface area (Å²) in [4.78, 5) is 40.1. The Hall–Kier alpha value is -3.67. The van der Waals surface area contributed by atoms with Gasteiger partial charge in [0.15, 0.2) is 11.5 Å². The van der Waals surface area contributed by atoms with E-state index in [-0.39, 0.29) is 31.2 Å². The third-order valence-electron chi connectivity index (χ3n) is 7.19. The minimum Gasteiger partial charge on any atom is -0.493 e. The number of hydrogen-bond acceptors (Lipinski definition) is 9. The smallest absolute Gasteiger partial charge is 0.252 e. The van der Waals surface area contributed by atoms with Crippen LogP contribution < -0.4 is 14.8 Å². The molecule has 2 aromatic rings. The van der Waals surface area contributed by atoms with Crippen LogP contribution >= 0.6 is 0 Å². The third-order valence-corrected chi connectivity index (χ3v) is 7.19. The Morgan fingerprint density at radius 2 is 2.16 bits per heavy atom. The van der Waals surface area contributed by atoms with E-state index < -0.39 is 36.2 Å². The van der Waals surface area contributed by atoms with Crippen molar-refractivity contribution in [2.45, 2.75) is 49.7 Å². The highest BCUT2D eigenvalue weighted by molar-refractivity contribution is 5.96. The van der Waals surface area contributed by atoms with E-state index in [0.29, 0.717) is 47.5 Å². The molecule has 3 aliphatic rings. The first-order chi connectivity index (χ1) is 18.5. The van der Waals surface area contributed by atoms with Gasteiger partial charge in [0.25, 0.3) is 5.91 Å². The fourth-order valence-corrected chi connectivity index (χ4v) is 5.43. The molecular weight excluding hydrogens is 496 g/mol. The van der Waals surface area contributed by atoms with E-state index in [2.05, 4.69) is 5.32 Å². The van der Waals surface area contributed by atoms with Gasteiger partial charge >= 0.3 is 0 Å². The van der Waals surface area contributed by atoms with Gasteiger partial charge in [-0.3, -0.25) is 14.4 Å². The monoisotopic (exact) mass is 526 g/mol. The van der Waals surface area contributed by atoms with Crippen molar-refractivity contribution < 1.29 is 43.2 Å². The highest BCUT2D eigenvalue weighted by Crippen LogP contribution is 2.51. The van der Waals surface area contributed by atoms with Crippen molar-refractivity contribution >= 4 is 18.1 Å². The molecule has 5 unspecified atom stereocenters. The Morgan fingerprint density at radius 3 is 2.82 bits per heavy atom. The molecule has 11 nitrogen and oxygen atoms in total. The number of carbonyl (C=O) groups is 3. The van der Waals surface area contributed by atoms with Crippen LogP contribution in [0.25, 0.3) is 0 Å². The minimum absolute atomic E-state index is 0.0137. The lowest BCUT2D eigenvalue weighted by Crippen LogP contribution is -2.57. The molecule has 1 saturated heterocycles. The number of aliphatic hydroxyl groups is 2. The van der Waals surface area contributed by atoms with Crippen molar-refractivity contribution in [1.82, 2.24) is 10.2 Å². The van der Waals surface area contributed by atoms with E-state index in [1.54, 1.807) is 18.2 Å². The molecule has 3 heterocycles. The molecule has 202 valence electrons. The van der Waals surface area contributed by atoms with Crippen LogP contribution in [-0.2, 0) is 20.9 Å². The summed E-state index contributed by atoms with van der Waals surface area (Å²) in [6.07, 6.45) is 3.70. The lowest BCUT2D eigenvalue weighted by molar-refractivity contribution is -0.147. The predicted molar refractivity (Wildman–Crippen MR) is 132 cm³/mol. The summed E-state index contributed by atoms with van der Waals surface area (Å²) in [6, 6.07) is 3.91. The average molecular weight is 527 g/mol. The minimum atomic E-state index is -1.23. The molecule has 3 N–H and O–H groups in total. The zero-order valence-electron chi connectivity index (χ0n) is 20.9. The highest BCUT2D eigenvalue weighted by atomic mass is 16.5. The zero-order valence-corrected chi connectivity index (χ0v) is 20.9. The van der Waals surface area contributed by atoms with E-state index >= 15 is 0 Å². The van der Waals surface area contributed by atoms with Crippen molar-refractivity contribution in [2.24, 2.45) is 0 Å². The van der Waals surface area contributed by atoms with Gasteiger partial charge in [0, 0.05) is 42.0 Å². The highest BCUT2D eigenvalue weighted by Gasteiger charge is 2.52. The van der Waals surface area contributed by atoms with E-state index in [1.165, 1.54) is 30.6 Å². The number of ether oxygens (including phenoxy) is 3. The Kier molecular flexibility index (Phi) is 7.50. The molecule has 5 atom stereocenters. The number of fused-ring (bicyclic) bond motifs is 3. The van der Waals surface area contributed by atoms with Crippen LogP contribution in [0.15, 0.2) is 46.8 Å². The quantitative estimate of drug-likeness (QED) is 0.406. The Labute approximate surface area is 219 Å². The number of aldehydes is 1. The molecular formula is C27H30N2O9. The fraction of sp³-hybridized carbons (Fsp3) is 0.444. The van der Waals surface area contributed by atoms with Gasteiger partial charge < -0.3 is 39.1 Å². The van der Waals surface area contributed by atoms with Crippen LogP contribution in [0.2, 0.25) is 0 Å². The van der Waals surface area contributed by atoms with Crippen LogP contribution in [-0.4, -0.2) is 84.4 Å². The normalized spacial score (nSPS) is 25.6. The molecule has 1 fully saturated rings.